The van der Waals surface area contributed by atoms with Gasteiger partial charge < -0.3 is 5.11 Å². The molecule has 0 aliphatic heterocycles. The predicted octanol–water partition coefficient (Wildman–Crippen LogP) is 3.67. The molecule has 82 valence electrons. The molecule has 1 atom stereocenters. The number of aliphatic hydroxyl groups excluding tert-OH is 1. The van der Waals surface area contributed by atoms with Crippen LogP contribution in [0.1, 0.15) is 58.8 Å². The number of hydrogen-bond acceptors (Lipinski definition) is 1. The van der Waals surface area contributed by atoms with Crippen molar-refractivity contribution >= 4 is 0 Å². The van der Waals surface area contributed by atoms with Crippen molar-refractivity contribution in [2.24, 2.45) is 5.92 Å². The highest BCUT2D eigenvalue weighted by Crippen LogP contribution is 2.27. The van der Waals surface area contributed by atoms with E-state index in [1.165, 1.54) is 44.1 Å². The monoisotopic (exact) mass is 196 g/mol. The predicted molar refractivity (Wildman–Crippen MR) is 61.2 cm³/mol. The van der Waals surface area contributed by atoms with Crippen LogP contribution in [0, 0.1) is 5.92 Å². The molecule has 0 saturated heterocycles. The van der Waals surface area contributed by atoms with Crippen LogP contribution in [0.3, 0.4) is 0 Å². The van der Waals surface area contributed by atoms with Crippen molar-refractivity contribution in [1.29, 1.82) is 0 Å². The van der Waals surface area contributed by atoms with Gasteiger partial charge in [-0.1, -0.05) is 43.8 Å². The lowest BCUT2D eigenvalue weighted by Crippen LogP contribution is -2.10. The molecule has 0 radical (unpaired) electrons. The van der Waals surface area contributed by atoms with Gasteiger partial charge in [-0.2, -0.15) is 0 Å². The SMILES string of the molecule is CC(C)=CC(O)CCC1CCCCC1. The van der Waals surface area contributed by atoms with Gasteiger partial charge in [-0.3, -0.25) is 0 Å². The number of hydrogen-bond donors (Lipinski definition) is 1. The van der Waals surface area contributed by atoms with Crippen LogP contribution < -0.4 is 0 Å². The molecule has 0 amide bonds. The van der Waals surface area contributed by atoms with Gasteiger partial charge in [-0.25, -0.2) is 0 Å². The lowest BCUT2D eigenvalue weighted by molar-refractivity contribution is 0.191. The third-order valence-electron chi connectivity index (χ3n) is 3.12. The molecule has 1 unspecified atom stereocenters. The molecule has 0 bridgehead atoms. The quantitative estimate of drug-likeness (QED) is 0.680. The van der Waals surface area contributed by atoms with E-state index in [-0.39, 0.29) is 6.10 Å². The van der Waals surface area contributed by atoms with Crippen LogP contribution in [0.4, 0.5) is 0 Å². The summed E-state index contributed by atoms with van der Waals surface area (Å²) in [7, 11) is 0. The zero-order chi connectivity index (χ0) is 10.4. The first-order valence-corrected chi connectivity index (χ1v) is 6.01. The normalized spacial score (nSPS) is 20.5. The van der Waals surface area contributed by atoms with E-state index >= 15 is 0 Å². The second-order valence-electron chi connectivity index (χ2n) is 4.89. The smallest absolute Gasteiger partial charge is 0.0723 e. The van der Waals surface area contributed by atoms with Gasteiger partial charge in [0.25, 0.3) is 0 Å². The molecule has 1 aliphatic rings. The number of allylic oxidation sites excluding steroid dienone is 1. The Balaban J connectivity index is 2.15. The van der Waals surface area contributed by atoms with Gasteiger partial charge in [0.2, 0.25) is 0 Å². The summed E-state index contributed by atoms with van der Waals surface area (Å²) in [6.07, 6.45) is 11.0. The molecule has 0 aromatic heterocycles. The molecule has 0 aromatic carbocycles. The fourth-order valence-electron chi connectivity index (χ4n) is 2.35. The van der Waals surface area contributed by atoms with E-state index in [1.54, 1.807) is 0 Å². The maximum atomic E-state index is 9.67. The maximum Gasteiger partial charge on any atom is 0.0723 e. The standard InChI is InChI=1S/C13H24O/c1-11(2)10-13(14)9-8-12-6-4-3-5-7-12/h10,12-14H,3-9H2,1-2H3. The number of rotatable bonds is 4. The van der Waals surface area contributed by atoms with Gasteiger partial charge in [0, 0.05) is 0 Å². The van der Waals surface area contributed by atoms with E-state index in [9.17, 15) is 5.11 Å². The molecule has 1 heteroatoms. The maximum absolute atomic E-state index is 9.67. The fraction of sp³-hybridized carbons (Fsp3) is 0.846. The molecule has 1 aliphatic carbocycles. The Labute approximate surface area is 88.2 Å². The first-order valence-electron chi connectivity index (χ1n) is 6.01. The van der Waals surface area contributed by atoms with Gasteiger partial charge in [-0.05, 0) is 32.6 Å². The molecule has 0 spiro atoms. The minimum Gasteiger partial charge on any atom is -0.389 e. The van der Waals surface area contributed by atoms with Crippen LogP contribution in [-0.2, 0) is 0 Å². The molecule has 0 aromatic rings. The van der Waals surface area contributed by atoms with Crippen molar-refractivity contribution in [3.8, 4) is 0 Å². The average molecular weight is 196 g/mol. The third kappa shape index (κ3) is 4.80. The second-order valence-corrected chi connectivity index (χ2v) is 4.89. The molecule has 1 rings (SSSR count). The fourth-order valence-corrected chi connectivity index (χ4v) is 2.35. The van der Waals surface area contributed by atoms with E-state index in [4.69, 9.17) is 0 Å². The lowest BCUT2D eigenvalue weighted by atomic mass is 9.85. The van der Waals surface area contributed by atoms with Crippen LogP contribution in [0.2, 0.25) is 0 Å². The first kappa shape index (κ1) is 11.8. The Morgan fingerprint density at radius 3 is 2.50 bits per heavy atom. The minimum absolute atomic E-state index is 0.207. The van der Waals surface area contributed by atoms with E-state index in [2.05, 4.69) is 0 Å². The number of aliphatic hydroxyl groups is 1. The molecule has 1 saturated carbocycles. The molecule has 0 heterocycles. The van der Waals surface area contributed by atoms with E-state index < -0.39 is 0 Å². The zero-order valence-electron chi connectivity index (χ0n) is 9.63. The molecule has 14 heavy (non-hydrogen) atoms. The van der Waals surface area contributed by atoms with Gasteiger partial charge >= 0.3 is 0 Å². The molecule has 1 fully saturated rings. The van der Waals surface area contributed by atoms with Crippen LogP contribution in [0.15, 0.2) is 11.6 Å². The van der Waals surface area contributed by atoms with Crippen molar-refractivity contribution in [2.75, 3.05) is 0 Å². The summed E-state index contributed by atoms with van der Waals surface area (Å²) in [5.74, 6) is 0.893. The van der Waals surface area contributed by atoms with Crippen molar-refractivity contribution in [1.82, 2.24) is 0 Å². The second kappa shape index (κ2) is 6.23. The highest BCUT2D eigenvalue weighted by Gasteiger charge is 2.14. The van der Waals surface area contributed by atoms with Gasteiger partial charge in [0.1, 0.15) is 0 Å². The Kier molecular flexibility index (Phi) is 5.24. The van der Waals surface area contributed by atoms with Crippen molar-refractivity contribution < 1.29 is 5.11 Å². The zero-order valence-corrected chi connectivity index (χ0v) is 9.63. The Hall–Kier alpha value is -0.300. The Morgan fingerprint density at radius 2 is 1.93 bits per heavy atom. The van der Waals surface area contributed by atoms with E-state index in [0.717, 1.165) is 12.3 Å². The van der Waals surface area contributed by atoms with Crippen LogP contribution in [0.5, 0.6) is 0 Å². The molecule has 1 N–H and O–H groups in total. The summed E-state index contributed by atoms with van der Waals surface area (Å²) in [5.41, 5.74) is 1.22. The van der Waals surface area contributed by atoms with Gasteiger partial charge in [-0.15, -0.1) is 0 Å². The largest absolute Gasteiger partial charge is 0.389 e. The lowest BCUT2D eigenvalue weighted by Gasteiger charge is -2.22. The topological polar surface area (TPSA) is 20.2 Å². The van der Waals surface area contributed by atoms with Crippen LogP contribution in [0.25, 0.3) is 0 Å². The summed E-state index contributed by atoms with van der Waals surface area (Å²) in [4.78, 5) is 0. The molecular weight excluding hydrogens is 172 g/mol. The average Bonchev–Trinajstić information content (AvgIpc) is 2.15. The summed E-state index contributed by atoms with van der Waals surface area (Å²) in [5, 5.41) is 9.67. The summed E-state index contributed by atoms with van der Waals surface area (Å²) in [6.45, 7) is 4.09. The van der Waals surface area contributed by atoms with Crippen molar-refractivity contribution in [3.05, 3.63) is 11.6 Å². The summed E-state index contributed by atoms with van der Waals surface area (Å²) < 4.78 is 0. The summed E-state index contributed by atoms with van der Waals surface area (Å²) in [6, 6.07) is 0. The van der Waals surface area contributed by atoms with E-state index in [1.807, 2.05) is 19.9 Å². The highest BCUT2D eigenvalue weighted by molar-refractivity contribution is 4.97. The van der Waals surface area contributed by atoms with Crippen LogP contribution >= 0.6 is 0 Å². The van der Waals surface area contributed by atoms with E-state index in [0.29, 0.717) is 0 Å². The molecule has 1 nitrogen and oxygen atoms in total. The first-order chi connectivity index (χ1) is 6.68. The van der Waals surface area contributed by atoms with Gasteiger partial charge in [0.15, 0.2) is 0 Å². The minimum atomic E-state index is -0.207. The Bertz CT molecular complexity index is 174. The van der Waals surface area contributed by atoms with Crippen molar-refractivity contribution in [2.45, 2.75) is 64.9 Å². The highest BCUT2D eigenvalue weighted by atomic mass is 16.3. The van der Waals surface area contributed by atoms with Crippen LogP contribution in [-0.4, -0.2) is 11.2 Å². The third-order valence-corrected chi connectivity index (χ3v) is 3.12. The summed E-state index contributed by atoms with van der Waals surface area (Å²) >= 11 is 0. The van der Waals surface area contributed by atoms with Crippen molar-refractivity contribution in [3.63, 3.8) is 0 Å². The Morgan fingerprint density at radius 1 is 1.29 bits per heavy atom. The molecular formula is C13H24O. The van der Waals surface area contributed by atoms with Gasteiger partial charge in [0.05, 0.1) is 6.10 Å².